The lowest BCUT2D eigenvalue weighted by Crippen LogP contribution is -2.15. The van der Waals surface area contributed by atoms with Gasteiger partial charge in [0.2, 0.25) is 0 Å². The van der Waals surface area contributed by atoms with E-state index in [9.17, 15) is 14.7 Å². The number of anilines is 2. The summed E-state index contributed by atoms with van der Waals surface area (Å²) in [4.78, 5) is 33.6. The van der Waals surface area contributed by atoms with Gasteiger partial charge in [0.05, 0.1) is 11.0 Å². The Morgan fingerprint density at radius 2 is 1.53 bits per heavy atom. The molecule has 7 nitrogen and oxygen atoms in total. The molecule has 0 saturated carbocycles. The number of carbonyl (C=O) groups is 2. The molecule has 3 N–H and O–H groups in total. The van der Waals surface area contributed by atoms with Crippen molar-refractivity contribution in [2.75, 3.05) is 10.6 Å². The van der Waals surface area contributed by atoms with Crippen molar-refractivity contribution in [2.24, 2.45) is 0 Å². The summed E-state index contributed by atoms with van der Waals surface area (Å²) in [5.74, 6) is -0.637. The number of hydrogen-bond donors (Lipinski definition) is 3. The Labute approximate surface area is 172 Å². The van der Waals surface area contributed by atoms with Gasteiger partial charge in [0, 0.05) is 34.9 Å². The van der Waals surface area contributed by atoms with Crippen molar-refractivity contribution in [1.29, 1.82) is 0 Å². The van der Waals surface area contributed by atoms with Gasteiger partial charge in [-0.3, -0.25) is 19.6 Å². The molecule has 1 aromatic heterocycles. The number of benzene rings is 3. The third-order valence-corrected chi connectivity index (χ3v) is 4.58. The summed E-state index contributed by atoms with van der Waals surface area (Å²) in [5, 5.41) is 15.2. The van der Waals surface area contributed by atoms with E-state index >= 15 is 0 Å². The first-order valence-corrected chi connectivity index (χ1v) is 9.23. The average Bonchev–Trinajstić information content (AvgIpc) is 2.75. The average molecular weight is 398 g/mol. The van der Waals surface area contributed by atoms with Crippen LogP contribution in [-0.4, -0.2) is 26.9 Å². The van der Waals surface area contributed by atoms with E-state index in [2.05, 4.69) is 20.6 Å². The second-order valence-corrected chi connectivity index (χ2v) is 6.75. The van der Waals surface area contributed by atoms with Crippen LogP contribution in [0, 0.1) is 6.92 Å². The largest absolute Gasteiger partial charge is 0.508 e. The van der Waals surface area contributed by atoms with Crippen LogP contribution in [0.15, 0.2) is 73.1 Å². The number of nitrogens with one attached hydrogen (secondary N) is 2. The Balaban J connectivity index is 1.53. The van der Waals surface area contributed by atoms with E-state index in [1.165, 1.54) is 12.1 Å². The number of carbonyl (C=O) groups excluding carboxylic acids is 2. The summed E-state index contributed by atoms with van der Waals surface area (Å²) in [5.41, 5.74) is 4.08. The molecule has 2 amide bonds. The first-order chi connectivity index (χ1) is 14.5. The van der Waals surface area contributed by atoms with Crippen LogP contribution in [0.25, 0.3) is 11.0 Å². The third-order valence-electron chi connectivity index (χ3n) is 4.58. The van der Waals surface area contributed by atoms with E-state index in [0.29, 0.717) is 33.5 Å². The highest BCUT2D eigenvalue weighted by molar-refractivity contribution is 6.07. The fraction of sp³-hybridized carbons (Fsp3) is 0.0435. The highest BCUT2D eigenvalue weighted by atomic mass is 16.3. The Kier molecular flexibility index (Phi) is 5.09. The summed E-state index contributed by atoms with van der Waals surface area (Å²) < 4.78 is 0. The molecule has 0 bridgehead atoms. The van der Waals surface area contributed by atoms with Gasteiger partial charge < -0.3 is 15.7 Å². The number of phenolic OH excluding ortho intramolecular Hbond substituents is 1. The van der Waals surface area contributed by atoms with Crippen LogP contribution >= 0.6 is 0 Å². The topological polar surface area (TPSA) is 104 Å². The molecule has 0 fully saturated rings. The number of aromatic hydroxyl groups is 1. The van der Waals surface area contributed by atoms with E-state index in [1.54, 1.807) is 60.9 Å². The number of nitrogens with zero attached hydrogens (tertiary/aromatic N) is 2. The van der Waals surface area contributed by atoms with Gasteiger partial charge in [0.25, 0.3) is 11.8 Å². The van der Waals surface area contributed by atoms with E-state index < -0.39 is 0 Å². The van der Waals surface area contributed by atoms with Gasteiger partial charge in [-0.15, -0.1) is 0 Å². The molecule has 4 aromatic rings. The Morgan fingerprint density at radius 3 is 2.33 bits per heavy atom. The zero-order chi connectivity index (χ0) is 21.1. The van der Waals surface area contributed by atoms with E-state index in [-0.39, 0.29) is 17.6 Å². The molecule has 0 spiro atoms. The van der Waals surface area contributed by atoms with Gasteiger partial charge >= 0.3 is 0 Å². The van der Waals surface area contributed by atoms with Crippen molar-refractivity contribution in [2.45, 2.75) is 6.92 Å². The quantitative estimate of drug-likeness (QED) is 0.479. The van der Waals surface area contributed by atoms with Crippen molar-refractivity contribution in [3.8, 4) is 5.75 Å². The summed E-state index contributed by atoms with van der Waals surface area (Å²) in [6, 6.07) is 16.4. The molecule has 0 aliphatic rings. The number of aryl methyl sites for hydroxylation is 1. The molecule has 0 aliphatic heterocycles. The van der Waals surface area contributed by atoms with Gasteiger partial charge in [-0.2, -0.15) is 0 Å². The van der Waals surface area contributed by atoms with Crippen molar-refractivity contribution >= 4 is 34.2 Å². The van der Waals surface area contributed by atoms with Crippen LogP contribution in [0.2, 0.25) is 0 Å². The highest BCUT2D eigenvalue weighted by Gasteiger charge is 2.12. The number of rotatable bonds is 4. The van der Waals surface area contributed by atoms with Crippen LogP contribution < -0.4 is 10.6 Å². The molecule has 30 heavy (non-hydrogen) atoms. The zero-order valence-corrected chi connectivity index (χ0v) is 16.1. The number of aromatic nitrogens is 2. The zero-order valence-electron chi connectivity index (χ0n) is 16.1. The number of fused-ring (bicyclic) bond motifs is 1. The molecule has 7 heteroatoms. The maximum absolute atomic E-state index is 12.7. The molecule has 0 atom stereocenters. The molecule has 0 radical (unpaired) electrons. The molecule has 3 aromatic carbocycles. The minimum Gasteiger partial charge on any atom is -0.508 e. The van der Waals surface area contributed by atoms with Crippen molar-refractivity contribution < 1.29 is 14.7 Å². The van der Waals surface area contributed by atoms with E-state index in [4.69, 9.17) is 0 Å². The van der Waals surface area contributed by atoms with Crippen LogP contribution in [0.5, 0.6) is 5.75 Å². The molecule has 1 heterocycles. The van der Waals surface area contributed by atoms with E-state index in [1.807, 2.05) is 6.92 Å². The number of phenols is 1. The lowest BCUT2D eigenvalue weighted by Gasteiger charge is -2.12. The summed E-state index contributed by atoms with van der Waals surface area (Å²) in [6.45, 7) is 1.86. The monoisotopic (exact) mass is 398 g/mol. The molecule has 0 saturated heterocycles. The third kappa shape index (κ3) is 4.10. The summed E-state index contributed by atoms with van der Waals surface area (Å²) in [7, 11) is 0. The predicted molar refractivity (Wildman–Crippen MR) is 115 cm³/mol. The van der Waals surface area contributed by atoms with Gasteiger partial charge in [0.15, 0.2) is 0 Å². The highest BCUT2D eigenvalue weighted by Crippen LogP contribution is 2.23. The minimum absolute atomic E-state index is 0.0135. The second kappa shape index (κ2) is 8.00. The molecular formula is C23H18N4O3. The summed E-state index contributed by atoms with van der Waals surface area (Å²) >= 11 is 0. The standard InChI is InChI=1S/C23H18N4O3/c1-14-5-7-17(26-22(29)15-3-2-4-18(28)11-15)13-20(14)27-23(30)16-6-8-19-21(12-16)25-10-9-24-19/h2-13,28H,1H3,(H,26,29)(H,27,30). The maximum atomic E-state index is 12.7. The van der Waals surface area contributed by atoms with Gasteiger partial charge in [-0.05, 0) is 61.0 Å². The summed E-state index contributed by atoms with van der Waals surface area (Å²) in [6.07, 6.45) is 3.18. The van der Waals surface area contributed by atoms with Crippen molar-refractivity contribution in [3.05, 3.63) is 89.7 Å². The fourth-order valence-corrected chi connectivity index (χ4v) is 2.98. The lowest BCUT2D eigenvalue weighted by molar-refractivity contribution is 0.101. The predicted octanol–water partition coefficient (Wildman–Crippen LogP) is 4.15. The van der Waals surface area contributed by atoms with Crippen LogP contribution in [0.1, 0.15) is 26.3 Å². The van der Waals surface area contributed by atoms with E-state index in [0.717, 1.165) is 5.56 Å². The smallest absolute Gasteiger partial charge is 0.255 e. The molecule has 0 aliphatic carbocycles. The first kappa shape index (κ1) is 19.1. The first-order valence-electron chi connectivity index (χ1n) is 9.23. The molecule has 148 valence electrons. The van der Waals surface area contributed by atoms with Crippen molar-refractivity contribution in [1.82, 2.24) is 9.97 Å². The Morgan fingerprint density at radius 1 is 0.800 bits per heavy atom. The molecule has 0 unspecified atom stereocenters. The normalized spacial score (nSPS) is 10.6. The van der Waals surface area contributed by atoms with Crippen LogP contribution in [-0.2, 0) is 0 Å². The van der Waals surface area contributed by atoms with Crippen molar-refractivity contribution in [3.63, 3.8) is 0 Å². The van der Waals surface area contributed by atoms with Crippen LogP contribution in [0.3, 0.4) is 0 Å². The second-order valence-electron chi connectivity index (χ2n) is 6.75. The lowest BCUT2D eigenvalue weighted by atomic mass is 10.1. The Hall–Kier alpha value is -4.26. The number of hydrogen-bond acceptors (Lipinski definition) is 5. The van der Waals surface area contributed by atoms with Gasteiger partial charge in [-0.1, -0.05) is 12.1 Å². The number of amides is 2. The SMILES string of the molecule is Cc1ccc(NC(=O)c2cccc(O)c2)cc1NC(=O)c1ccc2nccnc2c1. The van der Waals surface area contributed by atoms with Gasteiger partial charge in [0.1, 0.15) is 5.75 Å². The minimum atomic E-state index is -0.361. The Bertz CT molecular complexity index is 1270. The maximum Gasteiger partial charge on any atom is 0.255 e. The fourth-order valence-electron chi connectivity index (χ4n) is 2.98. The molecular weight excluding hydrogens is 380 g/mol. The molecule has 4 rings (SSSR count). The van der Waals surface area contributed by atoms with Crippen LogP contribution in [0.4, 0.5) is 11.4 Å². The van der Waals surface area contributed by atoms with Gasteiger partial charge in [-0.25, -0.2) is 0 Å².